The smallest absolute Gasteiger partial charge is 0.179 e. The fourth-order valence-electron chi connectivity index (χ4n) is 2.00. The van der Waals surface area contributed by atoms with E-state index in [1.165, 1.54) is 0 Å². The van der Waals surface area contributed by atoms with Crippen molar-refractivity contribution in [2.75, 3.05) is 5.73 Å². The van der Waals surface area contributed by atoms with Gasteiger partial charge in [0.2, 0.25) is 0 Å². The minimum atomic E-state index is -0.208. The zero-order valence-electron chi connectivity index (χ0n) is 11.5. The van der Waals surface area contributed by atoms with Crippen molar-refractivity contribution in [2.45, 2.75) is 25.9 Å². The molecule has 1 heterocycles. The number of benzene rings is 1. The van der Waals surface area contributed by atoms with E-state index >= 15 is 0 Å². The van der Waals surface area contributed by atoms with Gasteiger partial charge in [0.1, 0.15) is 0 Å². The standard InChI is InChI=1S/C16H19N3O/c1-2-15(19-11-14-5-3-4-10-18-14)16(20)12-6-8-13(17)9-7-12/h3-10,15,19H,2,11,17H2,1H3. The van der Waals surface area contributed by atoms with Gasteiger partial charge in [0.15, 0.2) is 5.78 Å². The van der Waals surface area contributed by atoms with Crippen LogP contribution in [0.25, 0.3) is 0 Å². The molecule has 0 bridgehead atoms. The van der Waals surface area contributed by atoms with Crippen LogP contribution in [-0.4, -0.2) is 16.8 Å². The van der Waals surface area contributed by atoms with E-state index in [1.54, 1.807) is 30.5 Å². The minimum Gasteiger partial charge on any atom is -0.399 e. The Bertz CT molecular complexity index is 552. The highest BCUT2D eigenvalue weighted by Gasteiger charge is 2.17. The normalized spacial score (nSPS) is 12.1. The molecule has 0 amide bonds. The lowest BCUT2D eigenvalue weighted by Gasteiger charge is -2.15. The molecule has 4 nitrogen and oxygen atoms in total. The molecule has 0 saturated heterocycles. The van der Waals surface area contributed by atoms with E-state index in [4.69, 9.17) is 5.73 Å². The van der Waals surface area contributed by atoms with Gasteiger partial charge in [0.05, 0.1) is 11.7 Å². The quantitative estimate of drug-likeness (QED) is 0.624. The first kappa shape index (κ1) is 14.2. The molecule has 0 aliphatic carbocycles. The molecule has 0 fully saturated rings. The second kappa shape index (κ2) is 6.82. The Hall–Kier alpha value is -2.20. The van der Waals surface area contributed by atoms with Gasteiger partial charge < -0.3 is 11.1 Å². The van der Waals surface area contributed by atoms with E-state index in [0.717, 1.165) is 12.1 Å². The van der Waals surface area contributed by atoms with Gasteiger partial charge in [-0.15, -0.1) is 0 Å². The number of carbonyl (C=O) groups is 1. The number of nitrogens with zero attached hydrogens (tertiary/aromatic N) is 1. The summed E-state index contributed by atoms with van der Waals surface area (Å²) < 4.78 is 0. The van der Waals surface area contributed by atoms with Crippen LogP contribution in [0.2, 0.25) is 0 Å². The van der Waals surface area contributed by atoms with Gasteiger partial charge in [0.25, 0.3) is 0 Å². The fraction of sp³-hybridized carbons (Fsp3) is 0.250. The van der Waals surface area contributed by atoms with Crippen LogP contribution in [0.5, 0.6) is 0 Å². The number of carbonyl (C=O) groups excluding carboxylic acids is 1. The molecule has 0 spiro atoms. The summed E-state index contributed by atoms with van der Waals surface area (Å²) in [7, 11) is 0. The Morgan fingerprint density at radius 3 is 2.60 bits per heavy atom. The van der Waals surface area contributed by atoms with Crippen molar-refractivity contribution >= 4 is 11.5 Å². The summed E-state index contributed by atoms with van der Waals surface area (Å²) >= 11 is 0. The van der Waals surface area contributed by atoms with E-state index < -0.39 is 0 Å². The van der Waals surface area contributed by atoms with Crippen molar-refractivity contribution in [1.29, 1.82) is 0 Å². The lowest BCUT2D eigenvalue weighted by Crippen LogP contribution is -2.36. The highest BCUT2D eigenvalue weighted by Crippen LogP contribution is 2.10. The van der Waals surface area contributed by atoms with Crippen molar-refractivity contribution in [3.63, 3.8) is 0 Å². The summed E-state index contributed by atoms with van der Waals surface area (Å²) in [6.45, 7) is 2.57. The van der Waals surface area contributed by atoms with Crippen LogP contribution in [0, 0.1) is 0 Å². The zero-order valence-corrected chi connectivity index (χ0v) is 11.5. The molecule has 4 heteroatoms. The van der Waals surface area contributed by atoms with Crippen molar-refractivity contribution in [3.05, 3.63) is 59.9 Å². The molecule has 1 unspecified atom stereocenters. The Balaban J connectivity index is 2.00. The molecule has 0 aliphatic heterocycles. The number of nitrogen functional groups attached to an aromatic ring is 1. The van der Waals surface area contributed by atoms with Crippen LogP contribution >= 0.6 is 0 Å². The van der Waals surface area contributed by atoms with Gasteiger partial charge in [-0.25, -0.2) is 0 Å². The molecule has 0 aliphatic rings. The summed E-state index contributed by atoms with van der Waals surface area (Å²) in [6, 6.07) is 12.6. The first-order valence-corrected chi connectivity index (χ1v) is 6.73. The van der Waals surface area contributed by atoms with Crippen LogP contribution in [0.15, 0.2) is 48.7 Å². The van der Waals surface area contributed by atoms with E-state index in [9.17, 15) is 4.79 Å². The van der Waals surface area contributed by atoms with Crippen molar-refractivity contribution < 1.29 is 4.79 Å². The van der Waals surface area contributed by atoms with Gasteiger partial charge in [-0.1, -0.05) is 13.0 Å². The van der Waals surface area contributed by atoms with Crippen LogP contribution in [0.3, 0.4) is 0 Å². The second-order valence-electron chi connectivity index (χ2n) is 4.65. The third-order valence-electron chi connectivity index (χ3n) is 3.18. The number of aromatic nitrogens is 1. The summed E-state index contributed by atoms with van der Waals surface area (Å²) in [5, 5.41) is 3.26. The molecule has 2 aromatic rings. The molecule has 20 heavy (non-hydrogen) atoms. The highest BCUT2D eigenvalue weighted by molar-refractivity contribution is 6.00. The molecule has 104 valence electrons. The third-order valence-corrected chi connectivity index (χ3v) is 3.18. The number of anilines is 1. The van der Waals surface area contributed by atoms with E-state index in [-0.39, 0.29) is 11.8 Å². The largest absolute Gasteiger partial charge is 0.399 e. The minimum absolute atomic E-state index is 0.0865. The monoisotopic (exact) mass is 269 g/mol. The predicted molar refractivity (Wildman–Crippen MR) is 80.3 cm³/mol. The number of rotatable bonds is 6. The van der Waals surface area contributed by atoms with Crippen LogP contribution < -0.4 is 11.1 Å². The lowest BCUT2D eigenvalue weighted by molar-refractivity contribution is 0.0939. The van der Waals surface area contributed by atoms with E-state index in [1.807, 2.05) is 25.1 Å². The Labute approximate surface area is 119 Å². The summed E-state index contributed by atoms with van der Waals surface area (Å²) in [6.07, 6.45) is 2.48. The summed E-state index contributed by atoms with van der Waals surface area (Å²) in [5.41, 5.74) is 7.90. The number of nitrogens with two attached hydrogens (primary N) is 1. The number of pyridine rings is 1. The van der Waals surface area contributed by atoms with E-state index in [2.05, 4.69) is 10.3 Å². The van der Waals surface area contributed by atoms with Crippen molar-refractivity contribution in [1.82, 2.24) is 10.3 Å². The zero-order chi connectivity index (χ0) is 14.4. The molecule has 1 aromatic carbocycles. The molecule has 0 radical (unpaired) electrons. The van der Waals surface area contributed by atoms with Gasteiger partial charge in [-0.05, 0) is 42.8 Å². The van der Waals surface area contributed by atoms with Gasteiger partial charge >= 0.3 is 0 Å². The van der Waals surface area contributed by atoms with Gasteiger partial charge in [-0.3, -0.25) is 9.78 Å². The molecule has 1 atom stereocenters. The lowest BCUT2D eigenvalue weighted by atomic mass is 10.0. The van der Waals surface area contributed by atoms with Gasteiger partial charge in [0, 0.05) is 24.0 Å². The SMILES string of the molecule is CCC(NCc1ccccn1)C(=O)c1ccc(N)cc1. The number of nitrogens with one attached hydrogen (secondary N) is 1. The van der Waals surface area contributed by atoms with Crippen LogP contribution in [0.1, 0.15) is 29.4 Å². The molecule has 1 aromatic heterocycles. The number of ketones is 1. The summed E-state index contributed by atoms with van der Waals surface area (Å²) in [4.78, 5) is 16.6. The molecule has 3 N–H and O–H groups in total. The Kier molecular flexibility index (Phi) is 4.85. The van der Waals surface area contributed by atoms with Crippen LogP contribution in [-0.2, 0) is 6.54 Å². The van der Waals surface area contributed by atoms with Crippen LogP contribution in [0.4, 0.5) is 5.69 Å². The van der Waals surface area contributed by atoms with E-state index in [0.29, 0.717) is 17.8 Å². The van der Waals surface area contributed by atoms with Crippen molar-refractivity contribution in [2.24, 2.45) is 0 Å². The topological polar surface area (TPSA) is 68.0 Å². The maximum absolute atomic E-state index is 12.4. The molecular weight excluding hydrogens is 250 g/mol. The van der Waals surface area contributed by atoms with Gasteiger partial charge in [-0.2, -0.15) is 0 Å². The first-order valence-electron chi connectivity index (χ1n) is 6.73. The highest BCUT2D eigenvalue weighted by atomic mass is 16.1. The average molecular weight is 269 g/mol. The number of Topliss-reactive ketones (excluding diaryl/α,β-unsaturated/α-hetero) is 1. The number of hydrogen-bond donors (Lipinski definition) is 2. The maximum Gasteiger partial charge on any atom is 0.179 e. The Morgan fingerprint density at radius 2 is 2.00 bits per heavy atom. The fourth-order valence-corrected chi connectivity index (χ4v) is 2.00. The van der Waals surface area contributed by atoms with Crippen molar-refractivity contribution in [3.8, 4) is 0 Å². The molecule has 2 rings (SSSR count). The Morgan fingerprint density at radius 1 is 1.25 bits per heavy atom. The third kappa shape index (κ3) is 3.65. The molecular formula is C16H19N3O. The molecule has 0 saturated carbocycles. The second-order valence-corrected chi connectivity index (χ2v) is 4.65. The first-order chi connectivity index (χ1) is 9.70. The predicted octanol–water partition coefficient (Wildman–Crippen LogP) is 2.41. The summed E-state index contributed by atoms with van der Waals surface area (Å²) in [5.74, 6) is 0.0865. The average Bonchev–Trinajstić information content (AvgIpc) is 2.49. The number of hydrogen-bond acceptors (Lipinski definition) is 4. The maximum atomic E-state index is 12.4.